The second-order valence-corrected chi connectivity index (χ2v) is 5.94. The van der Waals surface area contributed by atoms with Crippen molar-refractivity contribution in [2.75, 3.05) is 13.2 Å². The molecule has 112 valence electrons. The largest absolute Gasteiger partial charge is 0.353 e. The Morgan fingerprint density at radius 1 is 0.850 bits per heavy atom. The second kappa shape index (κ2) is 9.50. The monoisotopic (exact) mass is 342 g/mol. The summed E-state index contributed by atoms with van der Waals surface area (Å²) in [6, 6.07) is 9.97. The van der Waals surface area contributed by atoms with E-state index in [2.05, 4.69) is 15.9 Å². The van der Waals surface area contributed by atoms with Crippen molar-refractivity contribution in [1.29, 1.82) is 0 Å². The van der Waals surface area contributed by atoms with Gasteiger partial charge in [0.1, 0.15) is 0 Å². The molecule has 2 aliphatic rings. The van der Waals surface area contributed by atoms with E-state index in [1.54, 1.807) is 0 Å². The quantitative estimate of drug-likeness (QED) is 0.791. The summed E-state index contributed by atoms with van der Waals surface area (Å²) in [5.74, 6) is 0. The first-order chi connectivity index (χ1) is 9.84. The fraction of sp³-hybridized carbons (Fsp3) is 0.625. The number of hydrogen-bond acceptors (Lipinski definition) is 3. The van der Waals surface area contributed by atoms with Crippen LogP contribution in [0.4, 0.5) is 0 Å². The molecule has 0 saturated carbocycles. The van der Waals surface area contributed by atoms with Gasteiger partial charge in [0.05, 0.1) is 0 Å². The lowest BCUT2D eigenvalue weighted by atomic mass is 10.2. The van der Waals surface area contributed by atoms with Crippen LogP contribution < -0.4 is 0 Å². The van der Waals surface area contributed by atoms with Gasteiger partial charge in [-0.25, -0.2) is 0 Å². The van der Waals surface area contributed by atoms with E-state index in [9.17, 15) is 0 Å². The zero-order valence-electron chi connectivity index (χ0n) is 11.8. The van der Waals surface area contributed by atoms with Gasteiger partial charge in [0, 0.05) is 17.7 Å². The number of ether oxygens (including phenoxy) is 3. The molecule has 2 fully saturated rings. The first kappa shape index (κ1) is 16.0. The Bertz CT molecular complexity index is 330. The molecule has 0 spiro atoms. The van der Waals surface area contributed by atoms with E-state index in [1.165, 1.54) is 25.7 Å². The van der Waals surface area contributed by atoms with Crippen LogP contribution in [-0.4, -0.2) is 25.8 Å². The summed E-state index contributed by atoms with van der Waals surface area (Å²) >= 11 is 3.31. The van der Waals surface area contributed by atoms with E-state index in [-0.39, 0.29) is 12.6 Å². The average molecular weight is 343 g/mol. The summed E-state index contributed by atoms with van der Waals surface area (Å²) in [7, 11) is 0. The maximum absolute atomic E-state index is 5.69. The van der Waals surface area contributed by atoms with Gasteiger partial charge in [-0.3, -0.25) is 0 Å². The van der Waals surface area contributed by atoms with E-state index in [4.69, 9.17) is 14.2 Å². The summed E-state index contributed by atoms with van der Waals surface area (Å²) in [6.07, 6.45) is 6.83. The molecule has 20 heavy (non-hydrogen) atoms. The van der Waals surface area contributed by atoms with Gasteiger partial charge in [-0.2, -0.15) is 0 Å². The van der Waals surface area contributed by atoms with Crippen molar-refractivity contribution in [3.05, 3.63) is 34.8 Å². The van der Waals surface area contributed by atoms with Gasteiger partial charge in [0.25, 0.3) is 0 Å². The third-order valence-electron chi connectivity index (χ3n) is 3.31. The Balaban J connectivity index is 0.000000178. The molecule has 4 heteroatoms. The topological polar surface area (TPSA) is 27.7 Å². The summed E-state index contributed by atoms with van der Waals surface area (Å²) in [5, 5.41) is 0. The van der Waals surface area contributed by atoms with Gasteiger partial charge in [-0.05, 0) is 50.7 Å². The van der Waals surface area contributed by atoms with Crippen molar-refractivity contribution < 1.29 is 14.2 Å². The van der Waals surface area contributed by atoms with Crippen LogP contribution in [0.2, 0.25) is 0 Å². The third-order valence-corrected chi connectivity index (χ3v) is 3.84. The highest BCUT2D eigenvalue weighted by molar-refractivity contribution is 9.10. The Morgan fingerprint density at radius 2 is 1.40 bits per heavy atom. The van der Waals surface area contributed by atoms with Gasteiger partial charge in [0.15, 0.2) is 12.6 Å². The molecule has 0 aromatic heterocycles. The SMILES string of the molecule is Brc1ccccc1.C1CCC(OC2CCCCO2)OC1. The highest BCUT2D eigenvalue weighted by atomic mass is 79.9. The van der Waals surface area contributed by atoms with Crippen LogP contribution in [0, 0.1) is 0 Å². The predicted octanol–water partition coefficient (Wildman–Crippen LogP) is 4.51. The molecule has 1 aromatic carbocycles. The first-order valence-electron chi connectivity index (χ1n) is 7.44. The average Bonchev–Trinajstić information content (AvgIpc) is 2.51. The fourth-order valence-corrected chi connectivity index (χ4v) is 2.53. The van der Waals surface area contributed by atoms with Crippen molar-refractivity contribution in [3.63, 3.8) is 0 Å². The molecule has 2 aliphatic heterocycles. The Morgan fingerprint density at radius 3 is 1.75 bits per heavy atom. The van der Waals surface area contributed by atoms with Crippen molar-refractivity contribution in [2.45, 2.75) is 51.1 Å². The van der Waals surface area contributed by atoms with Gasteiger partial charge in [-0.15, -0.1) is 0 Å². The molecule has 3 nitrogen and oxygen atoms in total. The van der Waals surface area contributed by atoms with Crippen LogP contribution in [0.5, 0.6) is 0 Å². The van der Waals surface area contributed by atoms with Gasteiger partial charge >= 0.3 is 0 Å². The van der Waals surface area contributed by atoms with E-state index >= 15 is 0 Å². The summed E-state index contributed by atoms with van der Waals surface area (Å²) in [5.41, 5.74) is 0. The van der Waals surface area contributed by atoms with E-state index in [0.29, 0.717) is 0 Å². The summed E-state index contributed by atoms with van der Waals surface area (Å²) < 4.78 is 17.8. The number of hydrogen-bond donors (Lipinski definition) is 0. The van der Waals surface area contributed by atoms with Gasteiger partial charge in [0.2, 0.25) is 0 Å². The molecule has 0 radical (unpaired) electrons. The molecule has 0 N–H and O–H groups in total. The standard InChI is InChI=1S/C10H18O3.C6H5Br/c1-3-7-11-9(5-1)13-10-6-2-4-8-12-10;7-6-4-2-1-3-5-6/h9-10H,1-8H2;1-5H. The van der Waals surface area contributed by atoms with Crippen molar-refractivity contribution >= 4 is 15.9 Å². The molecule has 2 unspecified atom stereocenters. The summed E-state index contributed by atoms with van der Waals surface area (Å²) in [4.78, 5) is 0. The number of benzene rings is 1. The normalized spacial score (nSPS) is 26.4. The van der Waals surface area contributed by atoms with E-state index in [0.717, 1.165) is 30.5 Å². The minimum atomic E-state index is -0.00292. The molecular formula is C16H23BrO3. The zero-order chi connectivity index (χ0) is 14.0. The van der Waals surface area contributed by atoms with Crippen molar-refractivity contribution in [3.8, 4) is 0 Å². The molecule has 1 aromatic rings. The lowest BCUT2D eigenvalue weighted by Crippen LogP contribution is -2.31. The number of rotatable bonds is 2. The van der Waals surface area contributed by atoms with Crippen LogP contribution in [-0.2, 0) is 14.2 Å². The maximum atomic E-state index is 5.69. The zero-order valence-corrected chi connectivity index (χ0v) is 13.4. The van der Waals surface area contributed by atoms with Crippen LogP contribution in [0.1, 0.15) is 38.5 Å². The molecule has 0 bridgehead atoms. The third kappa shape index (κ3) is 6.35. The van der Waals surface area contributed by atoms with Gasteiger partial charge in [-0.1, -0.05) is 34.1 Å². The Labute approximate surface area is 129 Å². The van der Waals surface area contributed by atoms with E-state index < -0.39 is 0 Å². The minimum Gasteiger partial charge on any atom is -0.353 e. The highest BCUT2D eigenvalue weighted by Crippen LogP contribution is 2.20. The molecule has 3 rings (SSSR count). The smallest absolute Gasteiger partial charge is 0.160 e. The number of halogens is 1. The second-order valence-electron chi connectivity index (χ2n) is 5.02. The van der Waals surface area contributed by atoms with Gasteiger partial charge < -0.3 is 14.2 Å². The summed E-state index contributed by atoms with van der Waals surface area (Å²) in [6.45, 7) is 1.69. The molecule has 2 saturated heterocycles. The van der Waals surface area contributed by atoms with Crippen molar-refractivity contribution in [1.82, 2.24) is 0 Å². The minimum absolute atomic E-state index is 0.00292. The molecule has 2 heterocycles. The van der Waals surface area contributed by atoms with E-state index in [1.807, 2.05) is 30.3 Å². The molecule has 2 atom stereocenters. The Kier molecular flexibility index (Phi) is 7.58. The van der Waals surface area contributed by atoms with Crippen molar-refractivity contribution in [2.24, 2.45) is 0 Å². The van der Waals surface area contributed by atoms with Crippen LogP contribution in [0.3, 0.4) is 0 Å². The first-order valence-corrected chi connectivity index (χ1v) is 8.23. The van der Waals surface area contributed by atoms with Crippen LogP contribution >= 0.6 is 15.9 Å². The predicted molar refractivity (Wildman–Crippen MR) is 82.4 cm³/mol. The highest BCUT2D eigenvalue weighted by Gasteiger charge is 2.21. The Hall–Kier alpha value is -0.420. The molecular weight excluding hydrogens is 320 g/mol. The van der Waals surface area contributed by atoms with Crippen LogP contribution in [0.15, 0.2) is 34.8 Å². The van der Waals surface area contributed by atoms with Crippen LogP contribution in [0.25, 0.3) is 0 Å². The lowest BCUT2D eigenvalue weighted by molar-refractivity contribution is -0.264. The fourth-order valence-electron chi connectivity index (χ4n) is 2.22. The lowest BCUT2D eigenvalue weighted by Gasteiger charge is -2.29. The maximum Gasteiger partial charge on any atom is 0.160 e. The molecule has 0 aliphatic carbocycles. The molecule has 0 amide bonds.